The van der Waals surface area contributed by atoms with Crippen LogP contribution in [0.2, 0.25) is 0 Å². The summed E-state index contributed by atoms with van der Waals surface area (Å²) in [5.74, 6) is 0.672. The Kier molecular flexibility index (Phi) is 3.32. The fourth-order valence-electron chi connectivity index (χ4n) is 1.71. The van der Waals surface area contributed by atoms with Crippen LogP contribution in [-0.2, 0) is 4.74 Å². The molecule has 2 rings (SSSR count). The molecule has 0 unspecified atom stereocenters. The zero-order valence-electron chi connectivity index (χ0n) is 10.6. The van der Waals surface area contributed by atoms with Crippen molar-refractivity contribution >= 4 is 11.9 Å². The Hall–Kier alpha value is -2.30. The zero-order chi connectivity index (χ0) is 13.1. The summed E-state index contributed by atoms with van der Waals surface area (Å²) in [5, 5.41) is 4.39. The molecular weight excluding hydrogens is 230 g/mol. The van der Waals surface area contributed by atoms with Crippen molar-refractivity contribution in [3.8, 4) is 5.69 Å². The minimum absolute atomic E-state index is 0.424. The minimum Gasteiger partial charge on any atom is -0.452 e. The van der Waals surface area contributed by atoms with Crippen LogP contribution in [0.4, 0.5) is 10.6 Å². The summed E-state index contributed by atoms with van der Waals surface area (Å²) < 4.78 is 6.43. The Balaban J connectivity index is 2.46. The third-order valence-electron chi connectivity index (χ3n) is 2.61. The van der Waals surface area contributed by atoms with Crippen molar-refractivity contribution < 1.29 is 9.53 Å². The molecule has 0 N–H and O–H groups in total. The van der Waals surface area contributed by atoms with Crippen LogP contribution in [0.15, 0.2) is 36.4 Å². The lowest BCUT2D eigenvalue weighted by Crippen LogP contribution is -2.28. The normalized spacial score (nSPS) is 10.2. The van der Waals surface area contributed by atoms with Gasteiger partial charge in [0.2, 0.25) is 0 Å². The van der Waals surface area contributed by atoms with E-state index in [0.29, 0.717) is 5.82 Å². The van der Waals surface area contributed by atoms with Gasteiger partial charge in [0.25, 0.3) is 0 Å². The number of rotatable bonds is 2. The molecule has 1 amide bonds. The van der Waals surface area contributed by atoms with Crippen LogP contribution in [0.1, 0.15) is 5.69 Å². The van der Waals surface area contributed by atoms with Crippen LogP contribution >= 0.6 is 0 Å². The first kappa shape index (κ1) is 12.2. The lowest BCUT2D eigenvalue weighted by Gasteiger charge is -2.16. The van der Waals surface area contributed by atoms with Crippen molar-refractivity contribution in [3.63, 3.8) is 0 Å². The van der Waals surface area contributed by atoms with Crippen LogP contribution in [0.3, 0.4) is 0 Å². The van der Waals surface area contributed by atoms with Gasteiger partial charge in [-0.15, -0.1) is 0 Å². The standard InChI is InChI=1S/C13H15N3O2/c1-10-9-12(15(2)13(17)18-3)16(14-10)11-7-5-4-6-8-11/h4-9H,1-3H3. The summed E-state index contributed by atoms with van der Waals surface area (Å²) in [6.45, 7) is 1.88. The van der Waals surface area contributed by atoms with E-state index in [2.05, 4.69) is 5.10 Å². The van der Waals surface area contributed by atoms with Crippen molar-refractivity contribution in [2.24, 2.45) is 0 Å². The van der Waals surface area contributed by atoms with Crippen molar-refractivity contribution in [2.45, 2.75) is 6.92 Å². The molecule has 0 radical (unpaired) electrons. The average molecular weight is 245 g/mol. The molecule has 0 atom stereocenters. The molecule has 18 heavy (non-hydrogen) atoms. The van der Waals surface area contributed by atoms with E-state index in [1.807, 2.05) is 43.3 Å². The maximum absolute atomic E-state index is 11.6. The third-order valence-corrected chi connectivity index (χ3v) is 2.61. The van der Waals surface area contributed by atoms with Gasteiger partial charge < -0.3 is 4.74 Å². The average Bonchev–Trinajstić information content (AvgIpc) is 2.80. The summed E-state index contributed by atoms with van der Waals surface area (Å²) >= 11 is 0. The van der Waals surface area contributed by atoms with Crippen molar-refractivity contribution in [3.05, 3.63) is 42.1 Å². The molecule has 0 spiro atoms. The first-order valence-electron chi connectivity index (χ1n) is 5.57. The molecule has 0 aliphatic carbocycles. The van der Waals surface area contributed by atoms with Crippen LogP contribution in [0, 0.1) is 6.92 Å². The number of carbonyl (C=O) groups excluding carboxylic acids is 1. The van der Waals surface area contributed by atoms with Gasteiger partial charge in [0, 0.05) is 13.1 Å². The fourth-order valence-corrected chi connectivity index (χ4v) is 1.71. The van der Waals surface area contributed by atoms with E-state index in [4.69, 9.17) is 4.74 Å². The molecular formula is C13H15N3O2. The Morgan fingerprint density at radius 2 is 2.00 bits per heavy atom. The molecule has 0 aliphatic heterocycles. The van der Waals surface area contributed by atoms with Gasteiger partial charge in [0.1, 0.15) is 5.82 Å². The smallest absolute Gasteiger partial charge is 0.414 e. The lowest BCUT2D eigenvalue weighted by atomic mass is 10.3. The Morgan fingerprint density at radius 1 is 1.33 bits per heavy atom. The number of benzene rings is 1. The Morgan fingerprint density at radius 3 is 2.61 bits per heavy atom. The van der Waals surface area contributed by atoms with E-state index in [1.54, 1.807) is 11.7 Å². The topological polar surface area (TPSA) is 47.4 Å². The highest BCUT2D eigenvalue weighted by atomic mass is 16.5. The van der Waals surface area contributed by atoms with Crippen LogP contribution in [0.5, 0.6) is 0 Å². The van der Waals surface area contributed by atoms with Gasteiger partial charge in [0.15, 0.2) is 0 Å². The third kappa shape index (κ3) is 2.20. The van der Waals surface area contributed by atoms with Crippen molar-refractivity contribution in [2.75, 3.05) is 19.1 Å². The van der Waals surface area contributed by atoms with Crippen LogP contribution in [0.25, 0.3) is 5.69 Å². The summed E-state index contributed by atoms with van der Waals surface area (Å²) in [6.07, 6.45) is -0.424. The van der Waals surface area contributed by atoms with Gasteiger partial charge in [-0.25, -0.2) is 9.48 Å². The monoisotopic (exact) mass is 245 g/mol. The first-order valence-corrected chi connectivity index (χ1v) is 5.57. The zero-order valence-corrected chi connectivity index (χ0v) is 10.6. The molecule has 0 saturated heterocycles. The number of amides is 1. The molecule has 5 nitrogen and oxygen atoms in total. The number of aromatic nitrogens is 2. The maximum Gasteiger partial charge on any atom is 0.414 e. The number of nitrogens with zero attached hydrogens (tertiary/aromatic N) is 3. The van der Waals surface area contributed by atoms with Crippen LogP contribution in [-0.4, -0.2) is 30.0 Å². The molecule has 1 aromatic heterocycles. The molecule has 0 saturated carbocycles. The summed E-state index contributed by atoms with van der Waals surface area (Å²) in [6, 6.07) is 11.5. The second kappa shape index (κ2) is 4.91. The summed E-state index contributed by atoms with van der Waals surface area (Å²) in [7, 11) is 3.01. The van der Waals surface area contributed by atoms with Crippen LogP contribution < -0.4 is 4.90 Å². The van der Waals surface area contributed by atoms with E-state index in [9.17, 15) is 4.79 Å². The SMILES string of the molecule is COC(=O)N(C)c1cc(C)nn1-c1ccccc1. The molecule has 5 heteroatoms. The van der Waals surface area contributed by atoms with Gasteiger partial charge >= 0.3 is 6.09 Å². The number of aryl methyl sites for hydroxylation is 1. The molecule has 0 fully saturated rings. The second-order valence-electron chi connectivity index (χ2n) is 3.92. The molecule has 2 aromatic rings. The highest BCUT2D eigenvalue weighted by Crippen LogP contribution is 2.20. The predicted octanol–water partition coefficient (Wildman–Crippen LogP) is 2.38. The number of methoxy groups -OCH3 is 1. The maximum atomic E-state index is 11.6. The Bertz CT molecular complexity index is 549. The summed E-state index contributed by atoms with van der Waals surface area (Å²) in [4.78, 5) is 13.0. The number of hydrogen-bond acceptors (Lipinski definition) is 3. The highest BCUT2D eigenvalue weighted by Gasteiger charge is 2.17. The number of para-hydroxylation sites is 1. The van der Waals surface area contributed by atoms with Gasteiger partial charge in [-0.05, 0) is 19.1 Å². The number of carbonyl (C=O) groups is 1. The molecule has 1 aromatic carbocycles. The second-order valence-corrected chi connectivity index (χ2v) is 3.92. The number of ether oxygens (including phenoxy) is 1. The molecule has 0 bridgehead atoms. The first-order chi connectivity index (χ1) is 8.63. The molecule has 0 aliphatic rings. The van der Waals surface area contributed by atoms with Gasteiger partial charge in [-0.3, -0.25) is 4.90 Å². The van der Waals surface area contributed by atoms with E-state index in [0.717, 1.165) is 11.4 Å². The highest BCUT2D eigenvalue weighted by molar-refractivity contribution is 5.86. The van der Waals surface area contributed by atoms with E-state index in [-0.39, 0.29) is 0 Å². The van der Waals surface area contributed by atoms with Crippen molar-refractivity contribution in [1.29, 1.82) is 0 Å². The van der Waals surface area contributed by atoms with Gasteiger partial charge in [-0.2, -0.15) is 5.10 Å². The lowest BCUT2D eigenvalue weighted by molar-refractivity contribution is 0.180. The van der Waals surface area contributed by atoms with Gasteiger partial charge in [0.05, 0.1) is 18.5 Å². The van der Waals surface area contributed by atoms with E-state index in [1.165, 1.54) is 12.0 Å². The predicted molar refractivity (Wildman–Crippen MR) is 69.1 cm³/mol. The fraction of sp³-hybridized carbons (Fsp3) is 0.231. The quantitative estimate of drug-likeness (QED) is 0.816. The van der Waals surface area contributed by atoms with E-state index < -0.39 is 6.09 Å². The minimum atomic E-state index is -0.424. The molecule has 1 heterocycles. The van der Waals surface area contributed by atoms with Gasteiger partial charge in [-0.1, -0.05) is 18.2 Å². The molecule has 94 valence electrons. The van der Waals surface area contributed by atoms with Crippen molar-refractivity contribution in [1.82, 2.24) is 9.78 Å². The largest absolute Gasteiger partial charge is 0.452 e. The van der Waals surface area contributed by atoms with E-state index >= 15 is 0 Å². The number of hydrogen-bond donors (Lipinski definition) is 0. The summed E-state index contributed by atoms with van der Waals surface area (Å²) in [5.41, 5.74) is 1.74. The number of anilines is 1. The Labute approximate surface area is 106 Å².